The quantitative estimate of drug-likeness (QED) is 0.430. The Kier molecular flexibility index (Phi) is 4.64. The zero-order chi connectivity index (χ0) is 21.4. The summed E-state index contributed by atoms with van der Waals surface area (Å²) >= 11 is 1.25. The number of nitrogens with one attached hydrogen (secondary N) is 1. The Morgan fingerprint density at radius 2 is 2.00 bits per heavy atom. The Morgan fingerprint density at radius 1 is 1.16 bits per heavy atom. The fourth-order valence-electron chi connectivity index (χ4n) is 3.44. The maximum atomic E-state index is 12.8. The van der Waals surface area contributed by atoms with Crippen molar-refractivity contribution >= 4 is 38.2 Å². The zero-order valence-electron chi connectivity index (χ0n) is 16.3. The van der Waals surface area contributed by atoms with Gasteiger partial charge >= 0.3 is 0 Å². The average Bonchev–Trinajstić information content (AvgIpc) is 3.20. The SMILES string of the molecule is COc1ccc(-c2cc(-c3cccnc3)nc3sc4c(=O)n(NC=O)cnc4c23)cc1. The molecule has 0 saturated heterocycles. The summed E-state index contributed by atoms with van der Waals surface area (Å²) in [5.41, 5.74) is 5.96. The van der Waals surface area contributed by atoms with Crippen molar-refractivity contribution < 1.29 is 9.53 Å². The summed E-state index contributed by atoms with van der Waals surface area (Å²) in [4.78, 5) is 37.7. The summed E-state index contributed by atoms with van der Waals surface area (Å²) < 4.78 is 6.75. The van der Waals surface area contributed by atoms with Crippen LogP contribution in [0.5, 0.6) is 5.75 Å². The highest BCUT2D eigenvalue weighted by Gasteiger charge is 2.19. The molecule has 0 fully saturated rings. The third-order valence-corrected chi connectivity index (χ3v) is 5.96. The van der Waals surface area contributed by atoms with E-state index in [2.05, 4.69) is 15.4 Å². The van der Waals surface area contributed by atoms with Gasteiger partial charge in [0.2, 0.25) is 6.41 Å². The maximum absolute atomic E-state index is 12.8. The molecule has 1 aromatic carbocycles. The van der Waals surface area contributed by atoms with E-state index in [0.717, 1.165) is 38.2 Å². The first-order valence-corrected chi connectivity index (χ1v) is 10.1. The highest BCUT2D eigenvalue weighted by molar-refractivity contribution is 7.25. The molecule has 0 atom stereocenters. The summed E-state index contributed by atoms with van der Waals surface area (Å²) in [5, 5.41) is 0.785. The van der Waals surface area contributed by atoms with E-state index in [9.17, 15) is 9.59 Å². The fourth-order valence-corrected chi connectivity index (χ4v) is 4.52. The van der Waals surface area contributed by atoms with Gasteiger partial charge in [0, 0.05) is 23.3 Å². The van der Waals surface area contributed by atoms with Crippen LogP contribution in [0, 0.1) is 0 Å². The number of benzene rings is 1. The molecule has 5 rings (SSSR count). The molecule has 31 heavy (non-hydrogen) atoms. The molecule has 1 N–H and O–H groups in total. The molecule has 0 aliphatic rings. The maximum Gasteiger partial charge on any atom is 0.290 e. The van der Waals surface area contributed by atoms with Crippen LogP contribution in [0.15, 0.2) is 66.0 Å². The number of carbonyl (C=O) groups is 1. The molecule has 5 aromatic rings. The predicted octanol–water partition coefficient (Wildman–Crippen LogP) is 3.44. The van der Waals surface area contributed by atoms with Gasteiger partial charge in [0.1, 0.15) is 21.6 Å². The first-order valence-electron chi connectivity index (χ1n) is 9.29. The Labute approximate surface area is 179 Å². The van der Waals surface area contributed by atoms with Crippen LogP contribution in [0.2, 0.25) is 0 Å². The molecular formula is C22H15N5O3S. The number of pyridine rings is 2. The minimum Gasteiger partial charge on any atom is -0.497 e. The molecule has 4 heterocycles. The van der Waals surface area contributed by atoms with Gasteiger partial charge in [0.15, 0.2) is 0 Å². The van der Waals surface area contributed by atoms with Gasteiger partial charge in [-0.2, -0.15) is 0 Å². The van der Waals surface area contributed by atoms with Crippen LogP contribution in [-0.2, 0) is 4.79 Å². The van der Waals surface area contributed by atoms with E-state index >= 15 is 0 Å². The highest BCUT2D eigenvalue weighted by Crippen LogP contribution is 2.39. The Bertz CT molecular complexity index is 1480. The molecule has 0 aliphatic heterocycles. The minimum atomic E-state index is -0.358. The fraction of sp³-hybridized carbons (Fsp3) is 0.0455. The van der Waals surface area contributed by atoms with Crippen LogP contribution in [0.25, 0.3) is 42.8 Å². The van der Waals surface area contributed by atoms with Crippen LogP contribution in [0.1, 0.15) is 0 Å². The van der Waals surface area contributed by atoms with E-state index in [4.69, 9.17) is 9.72 Å². The van der Waals surface area contributed by atoms with Crippen LogP contribution in [-0.4, -0.2) is 33.1 Å². The van der Waals surface area contributed by atoms with Crippen LogP contribution in [0.4, 0.5) is 0 Å². The first kappa shape index (κ1) is 18.9. The smallest absolute Gasteiger partial charge is 0.290 e. The van der Waals surface area contributed by atoms with Crippen molar-refractivity contribution in [3.63, 3.8) is 0 Å². The van der Waals surface area contributed by atoms with E-state index in [1.807, 2.05) is 42.5 Å². The highest BCUT2D eigenvalue weighted by atomic mass is 32.1. The Hall–Kier alpha value is -4.11. The standard InChI is InChI=1S/C22H15N5O3S/c1-30-15-6-4-13(5-7-15)16-9-17(14-3-2-8-23-10-14)26-21-18(16)19-20(31-21)22(29)27(11-24-19)25-12-28/h2-12H,1H3,(H,25,28). The molecule has 1 amide bonds. The van der Waals surface area contributed by atoms with Gasteiger partial charge in [-0.1, -0.05) is 12.1 Å². The van der Waals surface area contributed by atoms with Crippen molar-refractivity contribution in [2.75, 3.05) is 12.5 Å². The molecule has 4 aromatic heterocycles. The number of hydrogen-bond donors (Lipinski definition) is 1. The van der Waals surface area contributed by atoms with Crippen LogP contribution in [0.3, 0.4) is 0 Å². The van der Waals surface area contributed by atoms with Gasteiger partial charge in [-0.15, -0.1) is 11.3 Å². The molecule has 9 heteroatoms. The number of hydrogen-bond acceptors (Lipinski definition) is 7. The predicted molar refractivity (Wildman–Crippen MR) is 120 cm³/mol. The largest absolute Gasteiger partial charge is 0.497 e. The van der Waals surface area contributed by atoms with Crippen molar-refractivity contribution in [3.8, 4) is 28.1 Å². The van der Waals surface area contributed by atoms with Gasteiger partial charge < -0.3 is 4.74 Å². The van der Waals surface area contributed by atoms with E-state index in [-0.39, 0.29) is 5.56 Å². The van der Waals surface area contributed by atoms with Gasteiger partial charge in [0.05, 0.1) is 18.3 Å². The second-order valence-corrected chi connectivity index (χ2v) is 7.65. The summed E-state index contributed by atoms with van der Waals surface area (Å²) in [5.74, 6) is 0.748. The van der Waals surface area contributed by atoms with Crippen LogP contribution < -0.4 is 15.7 Å². The summed E-state index contributed by atoms with van der Waals surface area (Å²) in [6.07, 6.45) is 5.19. The van der Waals surface area contributed by atoms with Gasteiger partial charge in [-0.25, -0.2) is 14.6 Å². The third-order valence-electron chi connectivity index (χ3n) is 4.90. The van der Waals surface area contributed by atoms with Crippen molar-refractivity contribution in [1.82, 2.24) is 19.6 Å². The lowest BCUT2D eigenvalue weighted by Gasteiger charge is -2.09. The number of fused-ring (bicyclic) bond motifs is 3. The second-order valence-electron chi connectivity index (χ2n) is 6.65. The van der Waals surface area contributed by atoms with Crippen molar-refractivity contribution in [1.29, 1.82) is 0 Å². The molecular weight excluding hydrogens is 414 g/mol. The molecule has 8 nitrogen and oxygen atoms in total. The minimum absolute atomic E-state index is 0.358. The van der Waals surface area contributed by atoms with E-state index in [1.54, 1.807) is 19.5 Å². The number of nitrogens with zero attached hydrogens (tertiary/aromatic N) is 4. The summed E-state index contributed by atoms with van der Waals surface area (Å²) in [7, 11) is 1.62. The number of thiophene rings is 1. The number of carbonyl (C=O) groups excluding carboxylic acids is 1. The average molecular weight is 429 g/mol. The number of methoxy groups -OCH3 is 1. The normalized spacial score (nSPS) is 11.0. The number of aromatic nitrogens is 4. The van der Waals surface area contributed by atoms with Crippen molar-refractivity contribution in [2.45, 2.75) is 0 Å². The lowest BCUT2D eigenvalue weighted by Crippen LogP contribution is -2.27. The molecule has 0 unspecified atom stereocenters. The van der Waals surface area contributed by atoms with Gasteiger partial charge in [0.25, 0.3) is 5.56 Å². The summed E-state index contributed by atoms with van der Waals surface area (Å²) in [6.45, 7) is 0. The van der Waals surface area contributed by atoms with Crippen molar-refractivity contribution in [3.05, 3.63) is 71.5 Å². The van der Waals surface area contributed by atoms with E-state index in [0.29, 0.717) is 21.5 Å². The van der Waals surface area contributed by atoms with Crippen molar-refractivity contribution in [2.24, 2.45) is 0 Å². The lowest BCUT2D eigenvalue weighted by molar-refractivity contribution is -0.106. The zero-order valence-corrected chi connectivity index (χ0v) is 17.1. The molecule has 0 bridgehead atoms. The Balaban J connectivity index is 1.85. The summed E-state index contributed by atoms with van der Waals surface area (Å²) in [6, 6.07) is 13.4. The molecule has 152 valence electrons. The number of ether oxygens (including phenoxy) is 1. The second kappa shape index (κ2) is 7.62. The third kappa shape index (κ3) is 3.21. The number of amides is 1. The van der Waals surface area contributed by atoms with E-state index < -0.39 is 0 Å². The molecule has 0 saturated carbocycles. The number of rotatable bonds is 5. The van der Waals surface area contributed by atoms with Gasteiger partial charge in [-0.3, -0.25) is 20.0 Å². The molecule has 0 spiro atoms. The first-order chi connectivity index (χ1) is 15.2. The monoisotopic (exact) mass is 429 g/mol. The van der Waals surface area contributed by atoms with E-state index in [1.165, 1.54) is 17.7 Å². The van der Waals surface area contributed by atoms with Gasteiger partial charge in [-0.05, 0) is 41.5 Å². The lowest BCUT2D eigenvalue weighted by atomic mass is 10.0. The molecule has 0 aliphatic carbocycles. The topological polar surface area (TPSA) is 99.0 Å². The molecule has 0 radical (unpaired) electrons. The Morgan fingerprint density at radius 3 is 2.71 bits per heavy atom. The van der Waals surface area contributed by atoms with Crippen LogP contribution >= 0.6 is 11.3 Å².